The highest BCUT2D eigenvalue weighted by Crippen LogP contribution is 2.35. The molecule has 1 aliphatic rings. The van der Waals surface area contributed by atoms with Crippen LogP contribution in [0.3, 0.4) is 0 Å². The summed E-state index contributed by atoms with van der Waals surface area (Å²) in [6, 6.07) is 11.9. The molecule has 4 rings (SSSR count). The van der Waals surface area contributed by atoms with Crippen LogP contribution >= 0.6 is 11.6 Å². The molecule has 1 aliphatic carbocycles. The van der Waals surface area contributed by atoms with Crippen LogP contribution in [0.4, 0.5) is 18.9 Å². The number of benzene rings is 2. The van der Waals surface area contributed by atoms with Crippen molar-refractivity contribution in [2.24, 2.45) is 0 Å². The minimum Gasteiger partial charge on any atom is -0.382 e. The molecule has 0 bridgehead atoms. The van der Waals surface area contributed by atoms with Crippen molar-refractivity contribution in [2.75, 3.05) is 11.6 Å². The van der Waals surface area contributed by atoms with E-state index in [9.17, 15) is 26.4 Å². The van der Waals surface area contributed by atoms with Gasteiger partial charge in [0.2, 0.25) is 0 Å². The largest absolute Gasteiger partial charge is 0.433 e. The average Bonchev–Trinajstić information content (AvgIpc) is 2.79. The maximum atomic E-state index is 13.4. The second kappa shape index (κ2) is 10.3. The number of aromatic nitrogens is 1. The third-order valence-corrected chi connectivity index (χ3v) is 7.19. The van der Waals surface area contributed by atoms with Crippen LogP contribution in [-0.2, 0) is 21.8 Å². The van der Waals surface area contributed by atoms with Gasteiger partial charge in [0.1, 0.15) is 5.69 Å². The van der Waals surface area contributed by atoms with Crippen molar-refractivity contribution in [3.8, 4) is 0 Å². The lowest BCUT2D eigenvalue weighted by atomic mass is 9.90. The number of nitrogens with one attached hydrogen (secondary N) is 2. The zero-order valence-electron chi connectivity index (χ0n) is 19.4. The second-order valence-corrected chi connectivity index (χ2v) is 11.7. The minimum atomic E-state index is -4.58. The molecule has 1 heterocycles. The first-order valence-corrected chi connectivity index (χ1v) is 13.8. The Hall–Kier alpha value is -2.85. The fourth-order valence-electron chi connectivity index (χ4n) is 4.44. The molecule has 0 atom stereocenters. The van der Waals surface area contributed by atoms with Crippen molar-refractivity contribution in [2.45, 2.75) is 49.7 Å². The fourth-order valence-corrected chi connectivity index (χ4v) is 5.40. The quantitative estimate of drug-likeness (QED) is 0.425. The van der Waals surface area contributed by atoms with Crippen molar-refractivity contribution < 1.29 is 26.4 Å². The summed E-state index contributed by atoms with van der Waals surface area (Å²) in [5, 5.41) is 7.13. The first-order chi connectivity index (χ1) is 16.9. The molecule has 0 radical (unpaired) electrons. The molecule has 1 fully saturated rings. The number of carbonyl (C=O) groups excluding carboxylic acids is 1. The minimum absolute atomic E-state index is 0.0816. The first kappa shape index (κ1) is 26.2. The highest BCUT2D eigenvalue weighted by molar-refractivity contribution is 7.89. The van der Waals surface area contributed by atoms with E-state index in [2.05, 4.69) is 15.6 Å². The molecule has 192 valence electrons. The van der Waals surface area contributed by atoms with E-state index in [1.54, 1.807) is 30.3 Å². The number of halogens is 4. The summed E-state index contributed by atoms with van der Waals surface area (Å²) in [6.45, 7) is 0. The van der Waals surface area contributed by atoms with E-state index in [0.29, 0.717) is 52.9 Å². The van der Waals surface area contributed by atoms with Crippen LogP contribution in [0.15, 0.2) is 48.5 Å². The number of hydrogen-bond donors (Lipinski definition) is 2. The molecule has 1 saturated carbocycles. The Balaban J connectivity index is 1.41. The topological polar surface area (TPSA) is 88.2 Å². The van der Waals surface area contributed by atoms with Crippen LogP contribution in [0, 0.1) is 0 Å². The summed E-state index contributed by atoms with van der Waals surface area (Å²) in [7, 11) is -3.22. The second-order valence-electron chi connectivity index (χ2n) is 9.15. The van der Waals surface area contributed by atoms with E-state index in [1.807, 2.05) is 0 Å². The van der Waals surface area contributed by atoms with Gasteiger partial charge in [-0.15, -0.1) is 0 Å². The van der Waals surface area contributed by atoms with Crippen LogP contribution in [0.1, 0.15) is 47.3 Å². The van der Waals surface area contributed by atoms with Gasteiger partial charge in [-0.1, -0.05) is 23.7 Å². The van der Waals surface area contributed by atoms with Crippen molar-refractivity contribution in [1.29, 1.82) is 0 Å². The zero-order valence-corrected chi connectivity index (χ0v) is 21.0. The molecule has 0 unspecified atom stereocenters. The van der Waals surface area contributed by atoms with Gasteiger partial charge in [-0.2, -0.15) is 13.2 Å². The summed E-state index contributed by atoms with van der Waals surface area (Å²) >= 11 is 6.07. The molecular weight excluding hydrogens is 515 g/mol. The number of pyridine rings is 1. The van der Waals surface area contributed by atoms with E-state index in [0.717, 1.165) is 12.3 Å². The van der Waals surface area contributed by atoms with Crippen molar-refractivity contribution >= 4 is 43.9 Å². The lowest BCUT2D eigenvalue weighted by molar-refractivity contribution is -0.140. The van der Waals surface area contributed by atoms with Gasteiger partial charge in [0.25, 0.3) is 5.91 Å². The smallest absolute Gasteiger partial charge is 0.382 e. The van der Waals surface area contributed by atoms with Gasteiger partial charge in [0.15, 0.2) is 9.84 Å². The maximum Gasteiger partial charge on any atom is 0.433 e. The molecular formula is C25H25ClF3N3O3S. The number of carbonyl (C=O) groups is 1. The number of rotatable bonds is 6. The van der Waals surface area contributed by atoms with E-state index in [-0.39, 0.29) is 29.3 Å². The number of alkyl halides is 3. The number of nitrogens with zero attached hydrogens (tertiary/aromatic N) is 1. The lowest BCUT2D eigenvalue weighted by Gasteiger charge is -2.31. The van der Waals surface area contributed by atoms with Gasteiger partial charge in [-0.25, -0.2) is 13.4 Å². The Morgan fingerprint density at radius 3 is 2.42 bits per heavy atom. The SMILES string of the molecule is CS(=O)(=O)Cc1cccc(C(=O)NC2CCC(Nc3cc(C(F)(F)F)nc4ccc(Cl)cc34)CC2)c1. The molecule has 1 aromatic heterocycles. The number of sulfone groups is 1. The van der Waals surface area contributed by atoms with Gasteiger partial charge >= 0.3 is 6.18 Å². The highest BCUT2D eigenvalue weighted by Gasteiger charge is 2.34. The number of anilines is 1. The van der Waals surface area contributed by atoms with Crippen molar-refractivity contribution in [3.05, 3.63) is 70.4 Å². The Morgan fingerprint density at radius 1 is 1.06 bits per heavy atom. The van der Waals surface area contributed by atoms with Gasteiger partial charge in [-0.3, -0.25) is 4.79 Å². The standard InChI is InChI=1S/C25H25ClF3N3O3S/c1-36(34,35)14-15-3-2-4-16(11-15)24(33)31-19-8-6-18(7-9-19)30-22-13-23(25(27,28)29)32-21-10-5-17(26)12-20(21)22/h2-5,10-13,18-19H,6-9,14H2,1H3,(H,30,32)(H,31,33). The normalized spacial score (nSPS) is 18.7. The Kier molecular flexibility index (Phi) is 7.47. The summed E-state index contributed by atoms with van der Waals surface area (Å²) in [4.78, 5) is 16.4. The highest BCUT2D eigenvalue weighted by atomic mass is 35.5. The van der Waals surface area contributed by atoms with Crippen LogP contribution in [0.2, 0.25) is 5.02 Å². The van der Waals surface area contributed by atoms with E-state index >= 15 is 0 Å². The van der Waals surface area contributed by atoms with Gasteiger partial charge in [-0.05, 0) is 67.6 Å². The molecule has 6 nitrogen and oxygen atoms in total. The van der Waals surface area contributed by atoms with E-state index in [4.69, 9.17) is 11.6 Å². The predicted molar refractivity (Wildman–Crippen MR) is 134 cm³/mol. The monoisotopic (exact) mass is 539 g/mol. The number of hydrogen-bond acceptors (Lipinski definition) is 5. The van der Waals surface area contributed by atoms with Crippen LogP contribution in [0.25, 0.3) is 10.9 Å². The molecule has 11 heteroatoms. The Labute approximate surface area is 212 Å². The summed E-state index contributed by atoms with van der Waals surface area (Å²) in [5.74, 6) is -0.429. The first-order valence-electron chi connectivity index (χ1n) is 11.4. The summed E-state index contributed by atoms with van der Waals surface area (Å²) < 4.78 is 63.2. The van der Waals surface area contributed by atoms with Crippen LogP contribution in [-0.4, -0.2) is 37.6 Å². The zero-order chi connectivity index (χ0) is 26.1. The molecule has 0 spiro atoms. The Morgan fingerprint density at radius 2 is 1.75 bits per heavy atom. The third kappa shape index (κ3) is 6.67. The van der Waals surface area contributed by atoms with Gasteiger partial charge < -0.3 is 10.6 Å². The van der Waals surface area contributed by atoms with E-state index < -0.39 is 21.7 Å². The van der Waals surface area contributed by atoms with E-state index in [1.165, 1.54) is 12.1 Å². The lowest BCUT2D eigenvalue weighted by Crippen LogP contribution is -2.40. The number of amides is 1. The summed E-state index contributed by atoms with van der Waals surface area (Å²) in [5.41, 5.74) is 0.483. The Bertz CT molecular complexity index is 1390. The molecule has 1 amide bonds. The molecule has 3 aromatic rings. The van der Waals surface area contributed by atoms with Crippen LogP contribution < -0.4 is 10.6 Å². The molecule has 0 saturated heterocycles. The fraction of sp³-hybridized carbons (Fsp3) is 0.360. The van der Waals surface area contributed by atoms with Gasteiger partial charge in [0.05, 0.1) is 11.3 Å². The summed E-state index contributed by atoms with van der Waals surface area (Å²) in [6.07, 6.45) is -0.870. The molecule has 2 aromatic carbocycles. The molecule has 36 heavy (non-hydrogen) atoms. The average molecular weight is 540 g/mol. The van der Waals surface area contributed by atoms with Crippen LogP contribution in [0.5, 0.6) is 0 Å². The third-order valence-electron chi connectivity index (χ3n) is 6.10. The maximum absolute atomic E-state index is 13.4. The number of fused-ring (bicyclic) bond motifs is 1. The molecule has 2 N–H and O–H groups in total. The predicted octanol–water partition coefficient (Wildman–Crippen LogP) is 5.60. The molecule has 0 aliphatic heterocycles. The van der Waals surface area contributed by atoms with Crippen molar-refractivity contribution in [3.63, 3.8) is 0 Å². The van der Waals surface area contributed by atoms with Gasteiger partial charge in [0, 0.05) is 40.0 Å². The van der Waals surface area contributed by atoms with Crippen molar-refractivity contribution in [1.82, 2.24) is 10.3 Å².